The molecule has 2 rings (SSSR count). The van der Waals surface area contributed by atoms with Gasteiger partial charge in [0.2, 0.25) is 0 Å². The highest BCUT2D eigenvalue weighted by atomic mass is 32.1. The minimum atomic E-state index is 0.174. The maximum Gasteiger partial charge on any atom is 0.129 e. The van der Waals surface area contributed by atoms with E-state index in [0.29, 0.717) is 0 Å². The molecule has 1 aliphatic rings. The summed E-state index contributed by atoms with van der Waals surface area (Å²) in [4.78, 5) is 2.95. The lowest BCUT2D eigenvalue weighted by Crippen LogP contribution is -2.47. The molecule has 0 spiro atoms. The lowest BCUT2D eigenvalue weighted by molar-refractivity contribution is -0.0472. The van der Waals surface area contributed by atoms with Gasteiger partial charge in [0.05, 0.1) is 32.0 Å². The third kappa shape index (κ3) is 3.22. The molecule has 2 unspecified atom stereocenters. The Labute approximate surface area is 125 Å². The van der Waals surface area contributed by atoms with Gasteiger partial charge in [0, 0.05) is 13.1 Å². The lowest BCUT2D eigenvalue weighted by atomic mass is 10.1. The molecule has 0 saturated carbocycles. The van der Waals surface area contributed by atoms with E-state index in [9.17, 15) is 0 Å². The van der Waals surface area contributed by atoms with Gasteiger partial charge in [-0.05, 0) is 32.0 Å². The van der Waals surface area contributed by atoms with Crippen LogP contribution in [0.1, 0.15) is 19.4 Å². The molecule has 110 valence electrons. The van der Waals surface area contributed by atoms with Crippen molar-refractivity contribution in [2.24, 2.45) is 0 Å². The van der Waals surface area contributed by atoms with E-state index in [1.807, 2.05) is 18.2 Å². The molecule has 4 nitrogen and oxygen atoms in total. The largest absolute Gasteiger partial charge is 0.497 e. The summed E-state index contributed by atoms with van der Waals surface area (Å²) in [5.41, 5.74) is 0.892. The number of thiocarbonyl (C=S) groups is 1. The third-order valence-electron chi connectivity index (χ3n) is 3.34. The number of rotatable bonds is 3. The van der Waals surface area contributed by atoms with Crippen molar-refractivity contribution in [1.29, 1.82) is 0 Å². The van der Waals surface area contributed by atoms with Gasteiger partial charge in [-0.3, -0.25) is 0 Å². The van der Waals surface area contributed by atoms with E-state index in [1.54, 1.807) is 14.2 Å². The van der Waals surface area contributed by atoms with Crippen LogP contribution in [-0.2, 0) is 4.74 Å². The Kier molecular flexibility index (Phi) is 4.83. The molecule has 1 fully saturated rings. The Hall–Kier alpha value is -1.33. The Morgan fingerprint density at radius 1 is 1.20 bits per heavy atom. The second-order valence-electron chi connectivity index (χ2n) is 5.03. The highest BCUT2D eigenvalue weighted by Gasteiger charge is 2.26. The zero-order chi connectivity index (χ0) is 14.7. The van der Waals surface area contributed by atoms with Crippen molar-refractivity contribution < 1.29 is 14.2 Å². The van der Waals surface area contributed by atoms with E-state index in [1.165, 1.54) is 0 Å². The molecule has 20 heavy (non-hydrogen) atoms. The van der Waals surface area contributed by atoms with Gasteiger partial charge in [0.15, 0.2) is 0 Å². The molecule has 1 aromatic rings. The number of ether oxygens (including phenoxy) is 3. The molecule has 1 aromatic carbocycles. The van der Waals surface area contributed by atoms with Crippen molar-refractivity contribution in [3.8, 4) is 11.5 Å². The topological polar surface area (TPSA) is 30.9 Å². The number of methoxy groups -OCH3 is 2. The number of hydrogen-bond acceptors (Lipinski definition) is 4. The zero-order valence-electron chi connectivity index (χ0n) is 12.4. The van der Waals surface area contributed by atoms with Crippen molar-refractivity contribution in [1.82, 2.24) is 4.90 Å². The highest BCUT2D eigenvalue weighted by Crippen LogP contribution is 2.27. The molecule has 0 N–H and O–H groups in total. The molecule has 1 saturated heterocycles. The number of hydrogen-bond donors (Lipinski definition) is 0. The second-order valence-corrected chi connectivity index (χ2v) is 5.42. The fourth-order valence-electron chi connectivity index (χ4n) is 2.50. The molecule has 2 atom stereocenters. The average molecular weight is 295 g/mol. The lowest BCUT2D eigenvalue weighted by Gasteiger charge is -2.37. The van der Waals surface area contributed by atoms with Crippen LogP contribution in [0.4, 0.5) is 0 Å². The fourth-order valence-corrected chi connectivity index (χ4v) is 2.80. The van der Waals surface area contributed by atoms with Crippen LogP contribution in [0.25, 0.3) is 0 Å². The Bertz CT molecular complexity index is 482. The second kappa shape index (κ2) is 6.41. The van der Waals surface area contributed by atoms with E-state index < -0.39 is 0 Å². The third-order valence-corrected chi connectivity index (χ3v) is 3.82. The van der Waals surface area contributed by atoms with E-state index in [-0.39, 0.29) is 12.2 Å². The zero-order valence-corrected chi connectivity index (χ0v) is 13.2. The highest BCUT2D eigenvalue weighted by molar-refractivity contribution is 7.80. The number of nitrogens with zero attached hydrogens (tertiary/aromatic N) is 1. The quantitative estimate of drug-likeness (QED) is 0.800. The van der Waals surface area contributed by atoms with Gasteiger partial charge in [0.1, 0.15) is 16.5 Å². The first-order chi connectivity index (χ1) is 9.55. The molecular formula is C15H21NO3S. The Morgan fingerprint density at radius 2 is 1.85 bits per heavy atom. The number of benzene rings is 1. The van der Waals surface area contributed by atoms with Crippen LogP contribution < -0.4 is 9.47 Å². The van der Waals surface area contributed by atoms with E-state index in [4.69, 9.17) is 26.4 Å². The van der Waals surface area contributed by atoms with Crippen LogP contribution in [0.5, 0.6) is 11.5 Å². The van der Waals surface area contributed by atoms with Crippen LogP contribution in [-0.4, -0.2) is 49.4 Å². The van der Waals surface area contributed by atoms with Gasteiger partial charge in [-0.15, -0.1) is 0 Å². The van der Waals surface area contributed by atoms with Crippen molar-refractivity contribution in [2.75, 3.05) is 27.3 Å². The molecule has 1 aliphatic heterocycles. The van der Waals surface area contributed by atoms with Crippen LogP contribution in [0.2, 0.25) is 0 Å². The van der Waals surface area contributed by atoms with Crippen LogP contribution in [0, 0.1) is 0 Å². The predicted octanol–water partition coefficient (Wildman–Crippen LogP) is 2.49. The average Bonchev–Trinajstić information content (AvgIpc) is 2.44. The molecule has 5 heteroatoms. The predicted molar refractivity (Wildman–Crippen MR) is 82.8 cm³/mol. The van der Waals surface area contributed by atoms with Crippen LogP contribution in [0.3, 0.4) is 0 Å². The molecule has 0 bridgehead atoms. The van der Waals surface area contributed by atoms with Crippen LogP contribution >= 0.6 is 12.2 Å². The van der Waals surface area contributed by atoms with Gasteiger partial charge >= 0.3 is 0 Å². The maximum absolute atomic E-state index is 5.75. The summed E-state index contributed by atoms with van der Waals surface area (Å²) >= 11 is 5.64. The molecule has 1 heterocycles. The SMILES string of the molecule is COc1ccc(OC)c(C(=S)N2CC(C)OC(C)C2)c1. The van der Waals surface area contributed by atoms with Crippen molar-refractivity contribution in [3.63, 3.8) is 0 Å². The van der Waals surface area contributed by atoms with Gasteiger partial charge in [-0.25, -0.2) is 0 Å². The standard InChI is InChI=1S/C15H21NO3S/c1-10-8-16(9-11(2)19-10)15(20)13-7-12(17-3)5-6-14(13)18-4/h5-7,10-11H,8-9H2,1-4H3. The molecule has 0 amide bonds. The molecular weight excluding hydrogens is 274 g/mol. The van der Waals surface area contributed by atoms with E-state index in [2.05, 4.69) is 18.7 Å². The smallest absolute Gasteiger partial charge is 0.129 e. The Morgan fingerprint density at radius 3 is 2.40 bits per heavy atom. The summed E-state index contributed by atoms with van der Waals surface area (Å²) < 4.78 is 16.4. The van der Waals surface area contributed by atoms with Gasteiger partial charge < -0.3 is 19.1 Å². The first kappa shape index (κ1) is 15.1. The molecule has 0 aromatic heterocycles. The molecule has 0 radical (unpaired) electrons. The number of morpholine rings is 1. The summed E-state index contributed by atoms with van der Waals surface area (Å²) in [7, 11) is 3.30. The first-order valence-corrected chi connectivity index (χ1v) is 7.12. The summed E-state index contributed by atoms with van der Waals surface area (Å²) in [6.07, 6.45) is 0.349. The summed E-state index contributed by atoms with van der Waals surface area (Å²) in [5, 5.41) is 0. The van der Waals surface area contributed by atoms with Crippen molar-refractivity contribution in [2.45, 2.75) is 26.1 Å². The minimum Gasteiger partial charge on any atom is -0.497 e. The summed E-state index contributed by atoms with van der Waals surface area (Å²) in [5.74, 6) is 1.54. The van der Waals surface area contributed by atoms with Crippen molar-refractivity contribution in [3.05, 3.63) is 23.8 Å². The normalized spacial score (nSPS) is 22.5. The Balaban J connectivity index is 2.27. The van der Waals surface area contributed by atoms with Gasteiger partial charge in [0.25, 0.3) is 0 Å². The molecule has 0 aliphatic carbocycles. The fraction of sp³-hybridized carbons (Fsp3) is 0.533. The van der Waals surface area contributed by atoms with Gasteiger partial charge in [-0.2, -0.15) is 0 Å². The summed E-state index contributed by atoms with van der Waals surface area (Å²) in [6.45, 7) is 5.72. The van der Waals surface area contributed by atoms with Crippen LogP contribution in [0.15, 0.2) is 18.2 Å². The van der Waals surface area contributed by atoms with Gasteiger partial charge in [-0.1, -0.05) is 12.2 Å². The van der Waals surface area contributed by atoms with Crippen molar-refractivity contribution >= 4 is 17.2 Å². The first-order valence-electron chi connectivity index (χ1n) is 6.72. The minimum absolute atomic E-state index is 0.174. The summed E-state index contributed by atoms with van der Waals surface area (Å²) in [6, 6.07) is 5.68. The monoisotopic (exact) mass is 295 g/mol. The van der Waals surface area contributed by atoms with E-state index in [0.717, 1.165) is 35.1 Å². The maximum atomic E-state index is 5.75. The van der Waals surface area contributed by atoms with E-state index >= 15 is 0 Å².